The Morgan fingerprint density at radius 1 is 1.27 bits per heavy atom. The summed E-state index contributed by atoms with van der Waals surface area (Å²) in [7, 11) is 0. The smallest absolute Gasteiger partial charge is 0.410 e. The van der Waals surface area contributed by atoms with Gasteiger partial charge in [0.05, 0.1) is 17.8 Å². The number of aromatic nitrogens is 2. The van der Waals surface area contributed by atoms with Crippen molar-refractivity contribution in [1.29, 1.82) is 0 Å². The number of nitrogens with zero attached hydrogens (tertiary/aromatic N) is 2. The average molecular weight is 351 g/mol. The van der Waals surface area contributed by atoms with Crippen molar-refractivity contribution in [3.8, 4) is 0 Å². The first-order chi connectivity index (χ1) is 12.7. The first kappa shape index (κ1) is 16.4. The summed E-state index contributed by atoms with van der Waals surface area (Å²) < 4.78 is 6.33. The van der Waals surface area contributed by atoms with Gasteiger partial charge in [0.2, 0.25) is 0 Å². The number of hydrogen-bond donors (Lipinski definition) is 1. The molecule has 1 atom stereocenters. The predicted molar refractivity (Wildman–Crippen MR) is 97.3 cm³/mol. The van der Waals surface area contributed by atoms with Crippen molar-refractivity contribution in [3.05, 3.63) is 71.2 Å². The Morgan fingerprint density at radius 3 is 2.96 bits per heavy atom. The van der Waals surface area contributed by atoms with Gasteiger partial charge in [-0.1, -0.05) is 30.3 Å². The first-order valence-corrected chi connectivity index (χ1v) is 8.88. The second-order valence-electron chi connectivity index (χ2n) is 6.64. The van der Waals surface area contributed by atoms with Crippen LogP contribution in [0.3, 0.4) is 0 Å². The Morgan fingerprint density at radius 2 is 2.12 bits per heavy atom. The number of carbonyl (C=O) groups excluding carboxylic acids is 1. The number of nitrogens with one attached hydrogen (secondary N) is 1. The number of carbonyl (C=O) groups is 1. The highest BCUT2D eigenvalue weighted by atomic mass is 16.6. The molecule has 4 rings (SSSR count). The highest BCUT2D eigenvalue weighted by Gasteiger charge is 2.31. The third-order valence-corrected chi connectivity index (χ3v) is 4.96. The molecule has 1 saturated heterocycles. The van der Waals surface area contributed by atoms with E-state index in [2.05, 4.69) is 4.98 Å². The van der Waals surface area contributed by atoms with Gasteiger partial charge in [-0.3, -0.25) is 0 Å². The Kier molecular flexibility index (Phi) is 4.48. The monoisotopic (exact) mass is 351 g/mol. The highest BCUT2D eigenvalue weighted by molar-refractivity contribution is 5.77. The molecule has 134 valence electrons. The van der Waals surface area contributed by atoms with Crippen LogP contribution in [0.5, 0.6) is 0 Å². The molecule has 1 amide bonds. The lowest BCUT2D eigenvalue weighted by Crippen LogP contribution is -2.37. The number of ether oxygens (including phenoxy) is 1. The quantitative estimate of drug-likeness (QED) is 0.580. The van der Waals surface area contributed by atoms with Crippen LogP contribution in [0.15, 0.2) is 54.9 Å². The summed E-state index contributed by atoms with van der Waals surface area (Å²) in [6, 6.07) is 13.5. The summed E-state index contributed by atoms with van der Waals surface area (Å²) in [5, 5.41) is 12.7. The lowest BCUT2D eigenvalue weighted by atomic mass is 10.0. The van der Waals surface area contributed by atoms with Crippen LogP contribution in [-0.2, 0) is 17.8 Å². The normalized spacial score (nSPS) is 16.9. The van der Waals surface area contributed by atoms with E-state index in [1.54, 1.807) is 6.07 Å². The van der Waals surface area contributed by atoms with Crippen molar-refractivity contribution >= 4 is 17.1 Å². The molecule has 1 aromatic carbocycles. The molecular formula is C20H21N3O3. The lowest BCUT2D eigenvalue weighted by molar-refractivity contribution is -0.579. The fourth-order valence-corrected chi connectivity index (χ4v) is 3.64. The predicted octanol–water partition coefficient (Wildman–Crippen LogP) is 3.15. The maximum absolute atomic E-state index is 12.5. The molecule has 6 heteroatoms. The van der Waals surface area contributed by atoms with Gasteiger partial charge in [-0.2, -0.15) is 0 Å². The van der Waals surface area contributed by atoms with E-state index in [9.17, 15) is 10.0 Å². The number of H-pyrrole nitrogens is 1. The van der Waals surface area contributed by atoms with Crippen LogP contribution in [-0.4, -0.2) is 28.6 Å². The number of hydrogen-bond acceptors (Lipinski definition) is 3. The summed E-state index contributed by atoms with van der Waals surface area (Å²) >= 11 is 0. The van der Waals surface area contributed by atoms with E-state index in [4.69, 9.17) is 4.74 Å². The molecule has 0 saturated carbocycles. The molecule has 3 heterocycles. The molecule has 1 aliphatic heterocycles. The fourth-order valence-electron chi connectivity index (χ4n) is 3.64. The third kappa shape index (κ3) is 3.22. The molecule has 6 nitrogen and oxygen atoms in total. The number of rotatable bonds is 4. The molecule has 1 aliphatic rings. The molecular weight excluding hydrogens is 330 g/mol. The minimum absolute atomic E-state index is 0.0950. The Balaban J connectivity index is 1.44. The van der Waals surface area contributed by atoms with E-state index in [0.29, 0.717) is 18.6 Å². The van der Waals surface area contributed by atoms with E-state index in [0.717, 1.165) is 34.1 Å². The zero-order chi connectivity index (χ0) is 17.9. The molecule has 0 bridgehead atoms. The van der Waals surface area contributed by atoms with Crippen LogP contribution in [0, 0.1) is 5.21 Å². The Hall–Kier alpha value is -3.02. The average Bonchev–Trinajstić information content (AvgIpc) is 3.29. The SMILES string of the molecule is O=C(OCc1ccccc1)N1CCC[C@H]1Cc1c[nH]c2c1ccc[n+]2[O-]. The molecule has 0 radical (unpaired) electrons. The van der Waals surface area contributed by atoms with Crippen molar-refractivity contribution in [2.75, 3.05) is 6.54 Å². The van der Waals surface area contributed by atoms with E-state index in [1.165, 1.54) is 6.20 Å². The standard InChI is InChI=1S/C20H21N3O3/c24-20(26-14-15-6-2-1-3-7-15)22-10-4-8-17(22)12-16-13-21-19-18(16)9-5-11-23(19)25/h1-3,5-7,9,11,13,17,21H,4,8,10,12,14H2/t17-/m0/s1. The van der Waals surface area contributed by atoms with Crippen molar-refractivity contribution in [1.82, 2.24) is 9.88 Å². The van der Waals surface area contributed by atoms with E-state index in [-0.39, 0.29) is 18.7 Å². The second-order valence-corrected chi connectivity index (χ2v) is 6.64. The minimum atomic E-state index is -0.268. The minimum Gasteiger partial charge on any atom is -0.711 e. The van der Waals surface area contributed by atoms with Crippen molar-refractivity contribution in [2.24, 2.45) is 0 Å². The van der Waals surface area contributed by atoms with Gasteiger partial charge in [0.15, 0.2) is 0 Å². The number of pyridine rings is 1. The van der Waals surface area contributed by atoms with Crippen molar-refractivity contribution < 1.29 is 14.3 Å². The summed E-state index contributed by atoms with van der Waals surface area (Å²) in [6.07, 6.45) is 5.70. The summed E-state index contributed by atoms with van der Waals surface area (Å²) in [5.74, 6) is 0. The van der Waals surface area contributed by atoms with Crippen LogP contribution >= 0.6 is 0 Å². The van der Waals surface area contributed by atoms with Crippen molar-refractivity contribution in [3.63, 3.8) is 0 Å². The second kappa shape index (κ2) is 7.07. The van der Waals surface area contributed by atoms with Gasteiger partial charge in [0.1, 0.15) is 6.61 Å². The number of fused-ring (bicyclic) bond motifs is 1. The van der Waals surface area contributed by atoms with Gasteiger partial charge in [-0.25, -0.2) is 14.5 Å². The molecule has 1 N–H and O–H groups in total. The third-order valence-electron chi connectivity index (χ3n) is 4.96. The lowest BCUT2D eigenvalue weighted by Gasteiger charge is -2.23. The largest absolute Gasteiger partial charge is 0.711 e. The van der Waals surface area contributed by atoms with Gasteiger partial charge in [-0.05, 0) is 37.0 Å². The number of likely N-dealkylation sites (tertiary alicyclic amines) is 1. The van der Waals surface area contributed by atoms with Gasteiger partial charge in [0, 0.05) is 18.2 Å². The van der Waals surface area contributed by atoms with Crippen LogP contribution in [0.1, 0.15) is 24.0 Å². The van der Waals surface area contributed by atoms with Gasteiger partial charge in [-0.15, -0.1) is 0 Å². The van der Waals surface area contributed by atoms with Crippen LogP contribution in [0.25, 0.3) is 11.0 Å². The zero-order valence-corrected chi connectivity index (χ0v) is 14.4. The number of aromatic amines is 1. The topological polar surface area (TPSA) is 72.3 Å². The molecule has 0 aliphatic carbocycles. The fraction of sp³-hybridized carbons (Fsp3) is 0.300. The maximum Gasteiger partial charge on any atom is 0.410 e. The van der Waals surface area contributed by atoms with Crippen LogP contribution < -0.4 is 4.73 Å². The van der Waals surface area contributed by atoms with Gasteiger partial charge >= 0.3 is 6.09 Å². The summed E-state index contributed by atoms with van der Waals surface area (Å²) in [4.78, 5) is 17.4. The molecule has 0 unspecified atom stereocenters. The highest BCUT2D eigenvalue weighted by Crippen LogP contribution is 2.25. The first-order valence-electron chi connectivity index (χ1n) is 8.88. The Labute approximate surface area is 151 Å². The molecule has 2 aromatic heterocycles. The van der Waals surface area contributed by atoms with E-state index in [1.807, 2.05) is 47.5 Å². The maximum atomic E-state index is 12.5. The van der Waals surface area contributed by atoms with Crippen molar-refractivity contribution in [2.45, 2.75) is 31.9 Å². The van der Waals surface area contributed by atoms with E-state index >= 15 is 0 Å². The number of amides is 1. The number of benzene rings is 1. The van der Waals surface area contributed by atoms with Crippen LogP contribution in [0.4, 0.5) is 4.79 Å². The summed E-state index contributed by atoms with van der Waals surface area (Å²) in [6.45, 7) is 0.994. The van der Waals surface area contributed by atoms with Crippen LogP contribution in [0.2, 0.25) is 0 Å². The molecule has 0 spiro atoms. The molecule has 3 aromatic rings. The van der Waals surface area contributed by atoms with E-state index < -0.39 is 0 Å². The van der Waals surface area contributed by atoms with Gasteiger partial charge in [0.25, 0.3) is 5.65 Å². The molecule has 1 fully saturated rings. The Bertz CT molecular complexity index is 907. The summed E-state index contributed by atoms with van der Waals surface area (Å²) in [5.41, 5.74) is 2.59. The molecule has 26 heavy (non-hydrogen) atoms. The zero-order valence-electron chi connectivity index (χ0n) is 14.4. The van der Waals surface area contributed by atoms with Gasteiger partial charge < -0.3 is 14.8 Å².